The number of carbonyl (C=O) groups excluding carboxylic acids is 2. The maximum atomic E-state index is 12.4. The molecule has 0 unspecified atom stereocenters. The van der Waals surface area contributed by atoms with Crippen LogP contribution in [-0.2, 0) is 16.0 Å². The molecule has 1 aliphatic rings. The van der Waals surface area contributed by atoms with Crippen molar-refractivity contribution < 1.29 is 9.59 Å². The fourth-order valence-corrected chi connectivity index (χ4v) is 3.89. The van der Waals surface area contributed by atoms with E-state index in [9.17, 15) is 9.59 Å². The number of nitrogens with one attached hydrogen (secondary N) is 1. The summed E-state index contributed by atoms with van der Waals surface area (Å²) in [5, 5.41) is 2.95. The molecule has 6 heteroatoms. The third-order valence-corrected chi connectivity index (χ3v) is 5.91. The number of nitrogens with zero attached hydrogens (tertiary/aromatic N) is 2. The van der Waals surface area contributed by atoms with E-state index < -0.39 is 0 Å². The van der Waals surface area contributed by atoms with Crippen molar-refractivity contribution in [2.45, 2.75) is 24.2 Å². The lowest BCUT2D eigenvalue weighted by molar-refractivity contribution is -0.133. The fourth-order valence-electron chi connectivity index (χ4n) is 3.48. The van der Waals surface area contributed by atoms with Gasteiger partial charge in [-0.05, 0) is 48.9 Å². The molecule has 3 rings (SSSR count). The summed E-state index contributed by atoms with van der Waals surface area (Å²) >= 11 is 1.68. The average molecular weight is 412 g/mol. The Kier molecular flexibility index (Phi) is 8.14. The SMILES string of the molecule is CSc1ccc(NC(=O)CN2CCN(C(=O)CCCc3ccccc3)CC2)cc1. The molecule has 0 spiro atoms. The number of benzene rings is 2. The Hall–Kier alpha value is -2.31. The number of anilines is 1. The summed E-state index contributed by atoms with van der Waals surface area (Å²) in [5.41, 5.74) is 2.10. The van der Waals surface area contributed by atoms with E-state index in [0.29, 0.717) is 26.1 Å². The van der Waals surface area contributed by atoms with E-state index >= 15 is 0 Å². The van der Waals surface area contributed by atoms with Gasteiger partial charge < -0.3 is 10.2 Å². The fraction of sp³-hybridized carbons (Fsp3) is 0.391. The zero-order valence-electron chi connectivity index (χ0n) is 17.0. The molecule has 0 bridgehead atoms. The Balaban J connectivity index is 1.34. The van der Waals surface area contributed by atoms with E-state index in [1.165, 1.54) is 10.5 Å². The van der Waals surface area contributed by atoms with Crippen molar-refractivity contribution in [3.8, 4) is 0 Å². The first-order valence-corrected chi connectivity index (χ1v) is 11.3. The summed E-state index contributed by atoms with van der Waals surface area (Å²) in [5.74, 6) is 0.212. The number of hydrogen-bond acceptors (Lipinski definition) is 4. The Morgan fingerprint density at radius 2 is 1.66 bits per heavy atom. The normalized spacial score (nSPS) is 14.6. The third-order valence-electron chi connectivity index (χ3n) is 5.16. The highest BCUT2D eigenvalue weighted by molar-refractivity contribution is 7.98. The van der Waals surface area contributed by atoms with Crippen molar-refractivity contribution in [2.24, 2.45) is 0 Å². The highest BCUT2D eigenvalue weighted by Gasteiger charge is 2.22. The molecular formula is C23H29N3O2S. The van der Waals surface area contributed by atoms with Gasteiger partial charge in [-0.3, -0.25) is 14.5 Å². The maximum absolute atomic E-state index is 12.4. The summed E-state index contributed by atoms with van der Waals surface area (Å²) in [6.07, 6.45) is 4.42. The molecule has 0 aliphatic carbocycles. The molecule has 0 atom stereocenters. The van der Waals surface area contributed by atoms with Gasteiger partial charge in [-0.15, -0.1) is 11.8 Å². The third kappa shape index (κ3) is 6.91. The van der Waals surface area contributed by atoms with E-state index in [4.69, 9.17) is 0 Å². The summed E-state index contributed by atoms with van der Waals surface area (Å²) in [6, 6.07) is 18.1. The zero-order chi connectivity index (χ0) is 20.5. The molecule has 1 N–H and O–H groups in total. The lowest BCUT2D eigenvalue weighted by Gasteiger charge is -2.34. The number of carbonyl (C=O) groups is 2. The number of amides is 2. The number of piperazine rings is 1. The monoisotopic (exact) mass is 411 g/mol. The minimum atomic E-state index is -0.00969. The molecule has 0 radical (unpaired) electrons. The Labute approximate surface area is 177 Å². The highest BCUT2D eigenvalue weighted by Crippen LogP contribution is 2.17. The first-order valence-electron chi connectivity index (χ1n) is 10.1. The molecule has 1 fully saturated rings. The van der Waals surface area contributed by atoms with Crippen LogP contribution in [0.2, 0.25) is 0 Å². The standard InChI is InChI=1S/C23H29N3O2S/c1-29-21-12-10-20(11-13-21)24-22(27)18-25-14-16-26(17-15-25)23(28)9-5-8-19-6-3-2-4-7-19/h2-4,6-7,10-13H,5,8-9,14-18H2,1H3,(H,24,27). The van der Waals surface area contributed by atoms with Gasteiger partial charge in [0, 0.05) is 43.2 Å². The second kappa shape index (κ2) is 11.0. The van der Waals surface area contributed by atoms with Crippen molar-refractivity contribution in [1.29, 1.82) is 0 Å². The Bertz CT molecular complexity index is 788. The lowest BCUT2D eigenvalue weighted by atomic mass is 10.1. The largest absolute Gasteiger partial charge is 0.340 e. The van der Waals surface area contributed by atoms with Gasteiger partial charge in [0.25, 0.3) is 0 Å². The van der Waals surface area contributed by atoms with E-state index in [1.807, 2.05) is 53.6 Å². The average Bonchev–Trinajstić information content (AvgIpc) is 2.75. The van der Waals surface area contributed by atoms with Gasteiger partial charge in [0.1, 0.15) is 0 Å². The second-order valence-corrected chi connectivity index (χ2v) is 8.15. The molecule has 29 heavy (non-hydrogen) atoms. The van der Waals surface area contributed by atoms with Gasteiger partial charge in [0.2, 0.25) is 11.8 Å². The van der Waals surface area contributed by atoms with Crippen LogP contribution >= 0.6 is 11.8 Å². The van der Waals surface area contributed by atoms with Crippen LogP contribution < -0.4 is 5.32 Å². The molecule has 2 aromatic carbocycles. The maximum Gasteiger partial charge on any atom is 0.238 e. The van der Waals surface area contributed by atoms with E-state index in [0.717, 1.165) is 31.6 Å². The second-order valence-electron chi connectivity index (χ2n) is 7.27. The quantitative estimate of drug-likeness (QED) is 0.676. The van der Waals surface area contributed by atoms with E-state index in [1.54, 1.807) is 11.8 Å². The minimum absolute atomic E-state index is 0.00969. The number of thioether (sulfide) groups is 1. The van der Waals surface area contributed by atoms with Crippen LogP contribution in [0.1, 0.15) is 18.4 Å². The van der Waals surface area contributed by atoms with Crippen LogP contribution in [0.4, 0.5) is 5.69 Å². The first kappa shape index (κ1) is 21.4. The molecule has 0 saturated carbocycles. The lowest BCUT2D eigenvalue weighted by Crippen LogP contribution is -2.50. The Morgan fingerprint density at radius 3 is 2.31 bits per heavy atom. The molecule has 0 aromatic heterocycles. The molecule has 1 aliphatic heterocycles. The summed E-state index contributed by atoms with van der Waals surface area (Å²) in [4.78, 5) is 29.9. The van der Waals surface area contributed by atoms with Crippen LogP contribution in [-0.4, -0.2) is 60.6 Å². The van der Waals surface area contributed by atoms with Crippen LogP contribution in [0.5, 0.6) is 0 Å². The molecule has 2 aromatic rings. The number of hydrogen-bond donors (Lipinski definition) is 1. The van der Waals surface area contributed by atoms with Gasteiger partial charge in [-0.2, -0.15) is 0 Å². The van der Waals surface area contributed by atoms with Crippen LogP contribution in [0.3, 0.4) is 0 Å². The van der Waals surface area contributed by atoms with Crippen molar-refractivity contribution in [1.82, 2.24) is 9.80 Å². The molecule has 2 amide bonds. The Morgan fingerprint density at radius 1 is 0.966 bits per heavy atom. The van der Waals surface area contributed by atoms with E-state index in [2.05, 4.69) is 22.3 Å². The van der Waals surface area contributed by atoms with Gasteiger partial charge in [0.05, 0.1) is 6.54 Å². The van der Waals surface area contributed by atoms with Crippen molar-refractivity contribution >= 4 is 29.3 Å². The molecule has 1 saturated heterocycles. The van der Waals surface area contributed by atoms with Gasteiger partial charge in [-0.25, -0.2) is 0 Å². The van der Waals surface area contributed by atoms with Crippen molar-refractivity contribution in [3.05, 3.63) is 60.2 Å². The van der Waals surface area contributed by atoms with Crippen LogP contribution in [0.15, 0.2) is 59.5 Å². The predicted octanol–water partition coefficient (Wildman–Crippen LogP) is 3.51. The van der Waals surface area contributed by atoms with Gasteiger partial charge >= 0.3 is 0 Å². The molecular weight excluding hydrogens is 382 g/mol. The summed E-state index contributed by atoms with van der Waals surface area (Å²) < 4.78 is 0. The first-order chi connectivity index (χ1) is 14.1. The molecule has 1 heterocycles. The predicted molar refractivity (Wildman–Crippen MR) is 119 cm³/mol. The zero-order valence-corrected chi connectivity index (χ0v) is 17.8. The number of rotatable bonds is 8. The van der Waals surface area contributed by atoms with Crippen LogP contribution in [0, 0.1) is 0 Å². The minimum Gasteiger partial charge on any atom is -0.340 e. The van der Waals surface area contributed by atoms with Gasteiger partial charge in [-0.1, -0.05) is 30.3 Å². The van der Waals surface area contributed by atoms with Crippen molar-refractivity contribution in [2.75, 3.05) is 44.3 Å². The summed E-state index contributed by atoms with van der Waals surface area (Å²) in [7, 11) is 0. The van der Waals surface area contributed by atoms with Crippen LogP contribution in [0.25, 0.3) is 0 Å². The highest BCUT2D eigenvalue weighted by atomic mass is 32.2. The van der Waals surface area contributed by atoms with Crippen molar-refractivity contribution in [3.63, 3.8) is 0 Å². The topological polar surface area (TPSA) is 52.7 Å². The van der Waals surface area contributed by atoms with Gasteiger partial charge in [0.15, 0.2) is 0 Å². The number of aryl methyl sites for hydroxylation is 1. The molecule has 5 nitrogen and oxygen atoms in total. The summed E-state index contributed by atoms with van der Waals surface area (Å²) in [6.45, 7) is 3.23. The smallest absolute Gasteiger partial charge is 0.238 e. The van der Waals surface area contributed by atoms with E-state index in [-0.39, 0.29) is 11.8 Å². The molecule has 154 valence electrons.